The second-order valence-electron chi connectivity index (χ2n) is 19.4. The Kier molecular flexibility index (Phi) is 22.5. The van der Waals surface area contributed by atoms with E-state index < -0.39 is 49.9 Å². The van der Waals surface area contributed by atoms with Gasteiger partial charge in [0.1, 0.15) is 18.2 Å². The molecular formula is C62H66N4O12P+. The van der Waals surface area contributed by atoms with E-state index in [9.17, 15) is 38.1 Å². The van der Waals surface area contributed by atoms with Gasteiger partial charge in [0.05, 0.1) is 31.8 Å². The van der Waals surface area contributed by atoms with Crippen LogP contribution in [-0.2, 0) is 58.9 Å². The normalized spacial score (nSPS) is 15.5. The van der Waals surface area contributed by atoms with Crippen molar-refractivity contribution in [1.82, 2.24) is 9.80 Å². The summed E-state index contributed by atoms with van der Waals surface area (Å²) >= 11 is 0. The number of hydrogen-bond donors (Lipinski definition) is 1. The minimum Gasteiger partial charge on any atom is -0.304 e. The van der Waals surface area contributed by atoms with E-state index in [1.165, 1.54) is 4.58 Å². The van der Waals surface area contributed by atoms with Crippen molar-refractivity contribution in [3.05, 3.63) is 215 Å². The van der Waals surface area contributed by atoms with Gasteiger partial charge in [-0.1, -0.05) is 210 Å². The van der Waals surface area contributed by atoms with E-state index in [1.807, 2.05) is 155 Å². The summed E-state index contributed by atoms with van der Waals surface area (Å²) in [6.07, 6.45) is 0.666. The summed E-state index contributed by atoms with van der Waals surface area (Å²) < 4.78 is 27.9. The van der Waals surface area contributed by atoms with Crippen molar-refractivity contribution in [2.45, 2.75) is 60.7 Å². The van der Waals surface area contributed by atoms with Crippen LogP contribution in [0.3, 0.4) is 0 Å². The van der Waals surface area contributed by atoms with Crippen LogP contribution in [0.25, 0.3) is 0 Å². The van der Waals surface area contributed by atoms with E-state index in [2.05, 4.69) is 9.88 Å². The molecule has 0 saturated heterocycles. The van der Waals surface area contributed by atoms with Crippen LogP contribution in [0.15, 0.2) is 187 Å². The van der Waals surface area contributed by atoms with Crippen LogP contribution in [0.2, 0.25) is 0 Å². The van der Waals surface area contributed by atoms with Gasteiger partial charge in [0.15, 0.2) is 12.3 Å². The summed E-state index contributed by atoms with van der Waals surface area (Å²) in [5.41, 5.74) is 5.63. The Balaban J connectivity index is 0.000000265. The molecule has 16 nitrogen and oxygen atoms in total. The van der Waals surface area contributed by atoms with Crippen molar-refractivity contribution in [1.29, 1.82) is 0 Å². The van der Waals surface area contributed by atoms with Crippen molar-refractivity contribution in [2.24, 2.45) is 28.7 Å². The molecule has 6 amide bonds. The molecule has 1 N–H and O–H groups in total. The van der Waals surface area contributed by atoms with E-state index >= 15 is 0 Å². The number of hydrogen-bond acceptors (Lipinski definition) is 12. The number of imide groups is 2. The molecule has 79 heavy (non-hydrogen) atoms. The van der Waals surface area contributed by atoms with E-state index in [1.54, 1.807) is 54.6 Å². The first-order valence-corrected chi connectivity index (χ1v) is 27.6. The molecule has 17 heteroatoms. The summed E-state index contributed by atoms with van der Waals surface area (Å²) in [5, 5.41) is 7.29. The zero-order valence-electron chi connectivity index (χ0n) is 45.0. The second-order valence-corrected chi connectivity index (χ2v) is 21.6. The second kappa shape index (κ2) is 29.6. The van der Waals surface area contributed by atoms with Gasteiger partial charge in [0.2, 0.25) is 11.7 Å². The molecule has 0 saturated carbocycles. The Morgan fingerprint density at radius 2 is 0.924 bits per heavy atom. The molecule has 2 heterocycles. The fraction of sp³-hybridized carbons (Fsp3) is 0.274. The highest BCUT2D eigenvalue weighted by Crippen LogP contribution is 2.49. The average molecular weight is 1090 g/mol. The number of aliphatic imine (C=N–C) groups is 1. The maximum atomic E-state index is 14.4. The van der Waals surface area contributed by atoms with E-state index in [0.29, 0.717) is 35.4 Å². The number of nitrogens with zero attached hydrogens (tertiary/aromatic N) is 4. The fourth-order valence-corrected chi connectivity index (χ4v) is 10.4. The first-order chi connectivity index (χ1) is 38.0. The summed E-state index contributed by atoms with van der Waals surface area (Å²) in [7, 11) is -3.78. The predicted octanol–water partition coefficient (Wildman–Crippen LogP) is 11.2. The molecule has 0 spiro atoms. The van der Waals surface area contributed by atoms with E-state index in [4.69, 9.17) is 14.3 Å². The van der Waals surface area contributed by atoms with Gasteiger partial charge in [-0.25, -0.2) is 19.4 Å². The van der Waals surface area contributed by atoms with Crippen molar-refractivity contribution in [3.63, 3.8) is 0 Å². The Bertz CT molecular complexity index is 3090. The van der Waals surface area contributed by atoms with Crippen LogP contribution in [0.1, 0.15) is 77.6 Å². The number of carbonyl (C=O) groups is 7. The third kappa shape index (κ3) is 17.4. The third-order valence-electron chi connectivity index (χ3n) is 12.9. The first kappa shape index (κ1) is 60.1. The minimum absolute atomic E-state index is 0.0256. The van der Waals surface area contributed by atoms with E-state index in [-0.39, 0.29) is 61.8 Å². The van der Waals surface area contributed by atoms with Gasteiger partial charge in [-0.3, -0.25) is 23.8 Å². The number of carbonyl (C=O) groups excluding carboxylic acids is 7. The van der Waals surface area contributed by atoms with Crippen LogP contribution < -0.4 is 0 Å². The Labute approximate surface area is 460 Å². The molecule has 6 aromatic rings. The highest BCUT2D eigenvalue weighted by atomic mass is 31.2. The lowest BCUT2D eigenvalue weighted by Gasteiger charge is -2.31. The Morgan fingerprint density at radius 3 is 1.33 bits per heavy atom. The summed E-state index contributed by atoms with van der Waals surface area (Å²) in [6, 6.07) is 54.0. The Hall–Kier alpha value is -8.14. The molecule has 0 fully saturated rings. The molecule has 2 aliphatic heterocycles. The molecule has 0 aromatic heterocycles. The summed E-state index contributed by atoms with van der Waals surface area (Å²) in [5.74, 6) is -3.46. The standard InChI is InChI=1S/C38H40N2O6P.C22H22N2O3.C2H4O3/c1-29(2)36-34(25-30-15-7-3-8-16-30)39(38(43)40(37(36)42)26-35(41)33-21-13-6-14-22-33)23-24-47(44,45-27-31-17-9-4-10-18-31)46-28-32-19-11-5-12-20-32;1-15(2)20-18(13-16-9-5-3-6-10-16)23-22(27)24(21(20)26)14-19(25)17-11-7-4-8-12-17;1-2(3)5-4/h3-22,29,36H,23-28H2,1-2H3;3-12,15,20H,13-14H2,1-2H3;4H,1H3/q+1;;. The van der Waals surface area contributed by atoms with Gasteiger partial charge >= 0.3 is 31.5 Å². The van der Waals surface area contributed by atoms with Gasteiger partial charge in [-0.2, -0.15) is 19.5 Å². The average Bonchev–Trinajstić information content (AvgIpc) is 3.59. The summed E-state index contributed by atoms with van der Waals surface area (Å²) in [4.78, 5) is 98.1. The molecule has 0 aliphatic carbocycles. The zero-order chi connectivity index (χ0) is 56.9. The van der Waals surface area contributed by atoms with Crippen molar-refractivity contribution in [3.8, 4) is 0 Å². The van der Waals surface area contributed by atoms with Gasteiger partial charge < -0.3 is 13.9 Å². The van der Waals surface area contributed by atoms with Crippen LogP contribution >= 0.6 is 7.60 Å². The summed E-state index contributed by atoms with van der Waals surface area (Å²) in [6.45, 7) is 8.23. The largest absolute Gasteiger partial charge is 0.501 e. The number of ketones is 2. The van der Waals surface area contributed by atoms with Crippen molar-refractivity contribution >= 4 is 60.4 Å². The van der Waals surface area contributed by atoms with E-state index in [0.717, 1.165) is 39.0 Å². The molecular weight excluding hydrogens is 1020 g/mol. The monoisotopic (exact) mass is 1090 g/mol. The number of urea groups is 2. The lowest BCUT2D eigenvalue weighted by molar-refractivity contribution is -0.437. The Morgan fingerprint density at radius 1 is 0.557 bits per heavy atom. The van der Waals surface area contributed by atoms with Crippen LogP contribution in [0.4, 0.5) is 9.59 Å². The van der Waals surface area contributed by atoms with Gasteiger partial charge in [0, 0.05) is 36.6 Å². The van der Waals surface area contributed by atoms with Crippen LogP contribution in [-0.4, -0.2) is 98.3 Å². The zero-order valence-corrected chi connectivity index (χ0v) is 45.9. The van der Waals surface area contributed by atoms with Gasteiger partial charge in [-0.15, -0.1) is 0 Å². The maximum absolute atomic E-state index is 14.4. The smallest absolute Gasteiger partial charge is 0.304 e. The predicted molar refractivity (Wildman–Crippen MR) is 300 cm³/mol. The molecule has 2 unspecified atom stereocenters. The molecule has 2 aliphatic rings. The third-order valence-corrected chi connectivity index (χ3v) is 14.7. The van der Waals surface area contributed by atoms with Crippen LogP contribution in [0.5, 0.6) is 0 Å². The minimum atomic E-state index is -3.78. The van der Waals surface area contributed by atoms with Gasteiger partial charge in [-0.05, 0) is 34.1 Å². The number of Topliss-reactive ketones (excluding diaryl/α,β-unsaturated/α-hetero) is 2. The highest BCUT2D eigenvalue weighted by molar-refractivity contribution is 7.53. The van der Waals surface area contributed by atoms with Crippen molar-refractivity contribution in [2.75, 3.05) is 25.8 Å². The molecule has 2 atom stereocenters. The first-order valence-electron chi connectivity index (χ1n) is 25.9. The molecule has 410 valence electrons. The lowest BCUT2D eigenvalue weighted by Crippen LogP contribution is -2.58. The fourth-order valence-electron chi connectivity index (χ4n) is 8.93. The number of benzene rings is 6. The molecule has 0 bridgehead atoms. The molecule has 8 rings (SSSR count). The number of amides is 6. The van der Waals surface area contributed by atoms with Crippen molar-refractivity contribution < 1.29 is 61.9 Å². The number of rotatable bonds is 21. The lowest BCUT2D eigenvalue weighted by atomic mass is 9.84. The quantitative estimate of drug-likeness (QED) is 0.0235. The topological polar surface area (TPSA) is 206 Å². The van der Waals surface area contributed by atoms with Gasteiger partial charge in [0.25, 0.3) is 0 Å². The molecule has 6 aromatic carbocycles. The molecule has 0 radical (unpaired) electrons. The highest BCUT2D eigenvalue weighted by Gasteiger charge is 2.50. The van der Waals surface area contributed by atoms with Crippen LogP contribution in [0, 0.1) is 23.7 Å². The SMILES string of the molecule is CC(=O)OO.CC(C)C1C(=O)N(CC(=O)c2ccccc2)C(=O)N=C1Cc1ccccc1.CC(C)C1C(=O)N(CC(=O)c2ccccc2)C(=O)[N+](CCP(=O)(OCc2ccccc2)OCc2ccccc2)=C1Cc1ccccc1. The maximum Gasteiger partial charge on any atom is 0.501 e.